The van der Waals surface area contributed by atoms with Crippen LogP contribution in [0, 0.1) is 41.4 Å². The second kappa shape index (κ2) is 20.8. The van der Waals surface area contributed by atoms with Gasteiger partial charge in [0.05, 0.1) is 0 Å². The average molecular weight is 517 g/mol. The molecule has 0 aromatic rings. The Morgan fingerprint density at radius 1 is 0.243 bits per heavy atom. The Morgan fingerprint density at radius 2 is 0.568 bits per heavy atom. The van der Waals surface area contributed by atoms with Crippen LogP contribution in [-0.4, -0.2) is 0 Å². The van der Waals surface area contributed by atoms with Gasteiger partial charge in [0.25, 0.3) is 0 Å². The van der Waals surface area contributed by atoms with Crippen LogP contribution >= 0.6 is 0 Å². The SMILES string of the molecule is CC1CCC(C)CC(C2CCCCCCC2)CC1.CC1CCCC(C)CCC1.CC1CCCCCCC1. The van der Waals surface area contributed by atoms with Gasteiger partial charge in [-0.25, -0.2) is 0 Å². The molecule has 0 radical (unpaired) electrons. The summed E-state index contributed by atoms with van der Waals surface area (Å²) in [6.07, 6.45) is 37.5. The van der Waals surface area contributed by atoms with Crippen LogP contribution in [0.5, 0.6) is 0 Å². The molecule has 0 heteroatoms. The minimum atomic E-state index is 0.989. The number of hydrogen-bond acceptors (Lipinski definition) is 0. The molecule has 0 heterocycles. The van der Waals surface area contributed by atoms with E-state index in [0.29, 0.717) is 0 Å². The average Bonchev–Trinajstić information content (AvgIpc) is 2.82. The molecular weight excluding hydrogens is 444 g/mol. The maximum Gasteiger partial charge on any atom is -0.0383 e. The summed E-state index contributed by atoms with van der Waals surface area (Å²) in [7, 11) is 0. The molecule has 3 atom stereocenters. The highest BCUT2D eigenvalue weighted by molar-refractivity contribution is 4.77. The van der Waals surface area contributed by atoms with Crippen molar-refractivity contribution in [3.05, 3.63) is 0 Å². The highest BCUT2D eigenvalue weighted by Gasteiger charge is 2.26. The van der Waals surface area contributed by atoms with E-state index in [4.69, 9.17) is 0 Å². The molecule has 220 valence electrons. The zero-order valence-corrected chi connectivity index (χ0v) is 26.7. The molecule has 0 amide bonds. The Balaban J connectivity index is 0.000000214. The summed E-state index contributed by atoms with van der Waals surface area (Å²) in [6.45, 7) is 12.2. The van der Waals surface area contributed by atoms with E-state index in [-0.39, 0.29) is 0 Å². The molecule has 0 spiro atoms. The van der Waals surface area contributed by atoms with Gasteiger partial charge >= 0.3 is 0 Å². The van der Waals surface area contributed by atoms with Crippen molar-refractivity contribution in [2.75, 3.05) is 0 Å². The predicted molar refractivity (Wildman–Crippen MR) is 168 cm³/mol. The van der Waals surface area contributed by atoms with Gasteiger partial charge in [-0.1, -0.05) is 182 Å². The molecule has 0 bridgehead atoms. The first kappa shape index (κ1) is 33.2. The summed E-state index contributed by atoms with van der Waals surface area (Å²) in [5, 5.41) is 0. The van der Waals surface area contributed by atoms with Crippen molar-refractivity contribution in [1.82, 2.24) is 0 Å². The maximum atomic E-state index is 2.51. The zero-order chi connectivity index (χ0) is 26.7. The standard InChI is InChI=1S/C18H34.C10H20.C9H18/c1-15-10-11-16(2)14-18(13-12-15)17-8-6-4-3-5-7-9-17;1-9-5-3-7-10(2)8-4-6-9;1-9-7-5-3-2-4-6-8-9/h15-18H,3-14H2,1-2H3;9-10H,3-8H2,1-2H3;9H,2-8H2,1H3. The minimum absolute atomic E-state index is 0.989. The van der Waals surface area contributed by atoms with Gasteiger partial charge in [-0.3, -0.25) is 0 Å². The third-order valence-electron chi connectivity index (χ3n) is 10.9. The van der Waals surface area contributed by atoms with Crippen molar-refractivity contribution in [3.8, 4) is 0 Å². The van der Waals surface area contributed by atoms with Crippen molar-refractivity contribution in [1.29, 1.82) is 0 Å². The van der Waals surface area contributed by atoms with E-state index in [1.165, 1.54) is 148 Å². The molecule has 0 N–H and O–H groups in total. The highest BCUT2D eigenvalue weighted by Crippen LogP contribution is 2.38. The van der Waals surface area contributed by atoms with E-state index >= 15 is 0 Å². The van der Waals surface area contributed by atoms with Crippen LogP contribution in [0.2, 0.25) is 0 Å². The fourth-order valence-electron chi connectivity index (χ4n) is 7.93. The lowest BCUT2D eigenvalue weighted by molar-refractivity contribution is 0.180. The molecule has 3 unspecified atom stereocenters. The molecule has 0 aromatic carbocycles. The monoisotopic (exact) mass is 517 g/mol. The van der Waals surface area contributed by atoms with Gasteiger partial charge in [-0.15, -0.1) is 0 Å². The normalized spacial score (nSPS) is 34.1. The maximum absolute atomic E-state index is 2.51. The van der Waals surface area contributed by atoms with Crippen LogP contribution in [0.15, 0.2) is 0 Å². The molecule has 0 nitrogen and oxygen atoms in total. The second-order valence-corrected chi connectivity index (χ2v) is 15.0. The lowest BCUT2D eigenvalue weighted by Gasteiger charge is -2.33. The third kappa shape index (κ3) is 16.6. The quantitative estimate of drug-likeness (QED) is 0.325. The lowest BCUT2D eigenvalue weighted by Crippen LogP contribution is -2.22. The van der Waals surface area contributed by atoms with Crippen LogP contribution in [0.4, 0.5) is 0 Å². The highest BCUT2D eigenvalue weighted by atomic mass is 14.3. The summed E-state index contributed by atoms with van der Waals surface area (Å²) in [5.41, 5.74) is 0. The smallest absolute Gasteiger partial charge is 0.0383 e. The zero-order valence-electron chi connectivity index (χ0n) is 26.7. The Kier molecular flexibility index (Phi) is 18.7. The Labute approximate surface area is 236 Å². The first-order chi connectivity index (χ1) is 17.9. The van der Waals surface area contributed by atoms with E-state index in [2.05, 4.69) is 34.6 Å². The third-order valence-corrected chi connectivity index (χ3v) is 10.9. The van der Waals surface area contributed by atoms with Crippen LogP contribution in [-0.2, 0) is 0 Å². The van der Waals surface area contributed by atoms with Crippen molar-refractivity contribution in [2.24, 2.45) is 41.4 Å². The first-order valence-electron chi connectivity index (χ1n) is 17.9. The minimum Gasteiger partial charge on any atom is -0.0625 e. The van der Waals surface area contributed by atoms with Crippen LogP contribution in [0.3, 0.4) is 0 Å². The van der Waals surface area contributed by atoms with Gasteiger partial charge in [0, 0.05) is 0 Å². The molecule has 4 fully saturated rings. The summed E-state index contributed by atoms with van der Waals surface area (Å²) < 4.78 is 0. The molecule has 0 aliphatic heterocycles. The second-order valence-electron chi connectivity index (χ2n) is 15.0. The summed E-state index contributed by atoms with van der Waals surface area (Å²) in [4.78, 5) is 0. The number of hydrogen-bond donors (Lipinski definition) is 0. The lowest BCUT2D eigenvalue weighted by atomic mass is 9.72. The summed E-state index contributed by atoms with van der Waals surface area (Å²) >= 11 is 0. The molecule has 0 aromatic heterocycles. The Morgan fingerprint density at radius 3 is 1.05 bits per heavy atom. The van der Waals surface area contributed by atoms with Crippen molar-refractivity contribution in [3.63, 3.8) is 0 Å². The van der Waals surface area contributed by atoms with Crippen molar-refractivity contribution < 1.29 is 0 Å². The fraction of sp³-hybridized carbons (Fsp3) is 1.00. The van der Waals surface area contributed by atoms with E-state index in [1.54, 1.807) is 12.8 Å². The number of rotatable bonds is 1. The van der Waals surface area contributed by atoms with Gasteiger partial charge in [0.2, 0.25) is 0 Å². The van der Waals surface area contributed by atoms with Gasteiger partial charge in [-0.05, 0) is 54.3 Å². The topological polar surface area (TPSA) is 0 Å². The molecule has 0 saturated heterocycles. The van der Waals surface area contributed by atoms with Crippen LogP contribution in [0.25, 0.3) is 0 Å². The van der Waals surface area contributed by atoms with Crippen LogP contribution < -0.4 is 0 Å². The first-order valence-corrected chi connectivity index (χ1v) is 17.9. The predicted octanol–water partition coefficient (Wildman–Crippen LogP) is 13.2. The van der Waals surface area contributed by atoms with Crippen molar-refractivity contribution in [2.45, 2.75) is 195 Å². The van der Waals surface area contributed by atoms with Gasteiger partial charge in [0.1, 0.15) is 0 Å². The van der Waals surface area contributed by atoms with Gasteiger partial charge < -0.3 is 0 Å². The van der Waals surface area contributed by atoms with Crippen molar-refractivity contribution >= 4 is 0 Å². The summed E-state index contributed by atoms with van der Waals surface area (Å²) in [5.74, 6) is 7.16. The molecule has 4 rings (SSSR count). The van der Waals surface area contributed by atoms with E-state index in [9.17, 15) is 0 Å². The summed E-state index contributed by atoms with van der Waals surface area (Å²) in [6, 6.07) is 0. The molecule has 4 aliphatic rings. The Hall–Kier alpha value is 0. The van der Waals surface area contributed by atoms with Gasteiger partial charge in [-0.2, -0.15) is 0 Å². The molecule has 4 saturated carbocycles. The Bertz CT molecular complexity index is 472. The van der Waals surface area contributed by atoms with Gasteiger partial charge in [0.15, 0.2) is 0 Å². The largest absolute Gasteiger partial charge is 0.0625 e. The molecule has 4 aliphatic carbocycles. The van der Waals surface area contributed by atoms with E-state index in [1.807, 2.05) is 0 Å². The fourth-order valence-corrected chi connectivity index (χ4v) is 7.93. The van der Waals surface area contributed by atoms with E-state index in [0.717, 1.165) is 41.4 Å². The molecular formula is C37H72. The van der Waals surface area contributed by atoms with Crippen LogP contribution in [0.1, 0.15) is 195 Å². The van der Waals surface area contributed by atoms with E-state index < -0.39 is 0 Å². The molecule has 37 heavy (non-hydrogen) atoms.